The van der Waals surface area contributed by atoms with Gasteiger partial charge in [0.15, 0.2) is 0 Å². The molecule has 1 spiro atoms. The van der Waals surface area contributed by atoms with E-state index in [0.29, 0.717) is 0 Å². The molecular formula is C64H44N2O. The zero-order valence-corrected chi connectivity index (χ0v) is 37.2. The van der Waals surface area contributed by atoms with Crippen LogP contribution < -0.4 is 4.90 Å². The van der Waals surface area contributed by atoms with Crippen LogP contribution in [0.3, 0.4) is 0 Å². The number of benzene rings is 10. The van der Waals surface area contributed by atoms with Crippen LogP contribution in [0.1, 0.15) is 47.2 Å². The second-order valence-electron chi connectivity index (χ2n) is 18.8. The highest BCUT2D eigenvalue weighted by Crippen LogP contribution is 2.62. The van der Waals surface area contributed by atoms with E-state index in [4.69, 9.17) is 4.42 Å². The van der Waals surface area contributed by atoms with Crippen molar-refractivity contribution in [3.8, 4) is 27.9 Å². The topological polar surface area (TPSA) is 21.3 Å². The summed E-state index contributed by atoms with van der Waals surface area (Å²) in [6.45, 7) is 4.81. The summed E-state index contributed by atoms with van der Waals surface area (Å²) < 4.78 is 8.93. The van der Waals surface area contributed by atoms with E-state index in [1.54, 1.807) is 0 Å². The van der Waals surface area contributed by atoms with Crippen molar-refractivity contribution < 1.29 is 4.42 Å². The third-order valence-corrected chi connectivity index (χ3v) is 15.0. The van der Waals surface area contributed by atoms with Gasteiger partial charge in [0.1, 0.15) is 11.2 Å². The molecular weight excluding hydrogens is 813 g/mol. The van der Waals surface area contributed by atoms with Gasteiger partial charge in [-0.3, -0.25) is 0 Å². The number of hydrogen-bond donors (Lipinski definition) is 0. The minimum Gasteiger partial charge on any atom is -0.456 e. The maximum atomic E-state index is 6.54. The van der Waals surface area contributed by atoms with Crippen LogP contribution in [0.15, 0.2) is 235 Å². The van der Waals surface area contributed by atoms with Crippen molar-refractivity contribution in [3.63, 3.8) is 0 Å². The molecule has 2 heterocycles. The highest BCUT2D eigenvalue weighted by molar-refractivity contribution is 6.09. The van der Waals surface area contributed by atoms with E-state index >= 15 is 0 Å². The van der Waals surface area contributed by atoms with Crippen LogP contribution >= 0.6 is 0 Å². The molecule has 67 heavy (non-hydrogen) atoms. The SMILES string of the molecule is CC1(C)c2ccccc2C2(c3ccccc3-c3ccccc32)c2ccc(-c3cccc(N(c4cccc(-n5c6ccccc6c6ccccc65)c4)c4ccc5c(c4)oc4ccccc45)c3)cc21. The lowest BCUT2D eigenvalue weighted by atomic mass is 9.55. The molecule has 0 aliphatic heterocycles. The molecule has 2 aliphatic carbocycles. The lowest BCUT2D eigenvalue weighted by Gasteiger charge is -2.46. The fraction of sp³-hybridized carbons (Fsp3) is 0.0625. The van der Waals surface area contributed by atoms with Crippen molar-refractivity contribution in [2.45, 2.75) is 24.7 Å². The van der Waals surface area contributed by atoms with E-state index in [0.717, 1.165) is 50.3 Å². The predicted octanol–water partition coefficient (Wildman–Crippen LogP) is 16.8. The molecule has 0 saturated heterocycles. The Labute approximate surface area is 389 Å². The summed E-state index contributed by atoms with van der Waals surface area (Å²) >= 11 is 0. The standard InChI is InChI=1S/C64H44N2O/c1-63(2)55-28-10-11-29-56(55)64(53-26-8-3-21-47(53)48-22-4-9-27-54(48)64)57-36-33-42(38-58(57)63)41-17-15-18-43(37-41)65(46-34-35-52-51-25-7-14-32-61(51)67-62(52)40-46)44-19-16-20-45(39-44)66-59-30-12-5-23-49(59)50-24-6-13-31-60(50)66/h3-40H,1-2H3. The molecule has 2 aliphatic rings. The molecule has 3 nitrogen and oxygen atoms in total. The molecule has 0 bridgehead atoms. The lowest BCUT2D eigenvalue weighted by Crippen LogP contribution is -2.40. The highest BCUT2D eigenvalue weighted by atomic mass is 16.3. The monoisotopic (exact) mass is 856 g/mol. The molecule has 0 saturated carbocycles. The number of anilines is 3. The maximum Gasteiger partial charge on any atom is 0.137 e. The zero-order chi connectivity index (χ0) is 44.4. The van der Waals surface area contributed by atoms with Crippen LogP contribution in [0.25, 0.3) is 71.7 Å². The van der Waals surface area contributed by atoms with Crippen molar-refractivity contribution in [2.24, 2.45) is 0 Å². The van der Waals surface area contributed by atoms with Gasteiger partial charge in [-0.25, -0.2) is 0 Å². The Morgan fingerprint density at radius 3 is 1.63 bits per heavy atom. The molecule has 12 aromatic rings. The van der Waals surface area contributed by atoms with Crippen molar-refractivity contribution in [3.05, 3.63) is 264 Å². The van der Waals surface area contributed by atoms with Gasteiger partial charge in [0.2, 0.25) is 0 Å². The minimum atomic E-state index is -0.428. The van der Waals surface area contributed by atoms with E-state index in [1.807, 2.05) is 6.07 Å². The molecule has 316 valence electrons. The van der Waals surface area contributed by atoms with Crippen LogP contribution in [0.5, 0.6) is 0 Å². The molecule has 10 aromatic carbocycles. The van der Waals surface area contributed by atoms with Gasteiger partial charge in [0, 0.05) is 55.8 Å². The molecule has 0 radical (unpaired) electrons. The first-order valence-electron chi connectivity index (χ1n) is 23.3. The van der Waals surface area contributed by atoms with Crippen molar-refractivity contribution in [1.82, 2.24) is 4.57 Å². The lowest BCUT2D eigenvalue weighted by molar-refractivity contribution is 0.563. The third-order valence-electron chi connectivity index (χ3n) is 15.0. The number of fused-ring (bicyclic) bond motifs is 15. The number of furan rings is 1. The Bertz CT molecular complexity index is 3900. The largest absolute Gasteiger partial charge is 0.456 e. The molecule has 3 heteroatoms. The van der Waals surface area contributed by atoms with Gasteiger partial charge in [-0.2, -0.15) is 0 Å². The quantitative estimate of drug-likeness (QED) is 0.172. The van der Waals surface area contributed by atoms with Crippen molar-refractivity contribution >= 4 is 60.8 Å². The first-order chi connectivity index (χ1) is 33.0. The van der Waals surface area contributed by atoms with Crippen molar-refractivity contribution in [1.29, 1.82) is 0 Å². The van der Waals surface area contributed by atoms with Crippen LogP contribution in [0, 0.1) is 0 Å². The summed E-state index contributed by atoms with van der Waals surface area (Å²) in [6, 6.07) is 85.0. The fourth-order valence-corrected chi connectivity index (χ4v) is 12.1. The Morgan fingerprint density at radius 1 is 0.358 bits per heavy atom. The zero-order valence-electron chi connectivity index (χ0n) is 37.2. The Kier molecular flexibility index (Phi) is 7.95. The minimum absolute atomic E-state index is 0.251. The summed E-state index contributed by atoms with van der Waals surface area (Å²) in [4.78, 5) is 2.38. The molecule has 0 amide bonds. The smallest absolute Gasteiger partial charge is 0.137 e. The van der Waals surface area contributed by atoms with Gasteiger partial charge in [0.05, 0.1) is 16.4 Å². The van der Waals surface area contributed by atoms with Gasteiger partial charge in [-0.1, -0.05) is 172 Å². The maximum absolute atomic E-state index is 6.54. The van der Waals surface area contributed by atoms with Gasteiger partial charge < -0.3 is 13.9 Å². The highest BCUT2D eigenvalue weighted by Gasteiger charge is 2.53. The Hall–Kier alpha value is -8.40. The molecule has 2 aromatic heterocycles. The normalized spacial score (nSPS) is 14.1. The average Bonchev–Trinajstić information content (AvgIpc) is 4.02. The number of rotatable bonds is 5. The van der Waals surface area contributed by atoms with Gasteiger partial charge in [-0.05, 0) is 122 Å². The van der Waals surface area contributed by atoms with E-state index in [2.05, 4.69) is 248 Å². The van der Waals surface area contributed by atoms with Crippen LogP contribution in [-0.4, -0.2) is 4.57 Å². The van der Waals surface area contributed by atoms with Gasteiger partial charge >= 0.3 is 0 Å². The van der Waals surface area contributed by atoms with E-state index in [-0.39, 0.29) is 5.41 Å². The average molecular weight is 857 g/mol. The molecule has 0 atom stereocenters. The Balaban J connectivity index is 0.960. The number of hydrogen-bond acceptors (Lipinski definition) is 2. The first kappa shape index (κ1) is 37.9. The first-order valence-corrected chi connectivity index (χ1v) is 23.3. The summed E-state index contributed by atoms with van der Waals surface area (Å²) in [7, 11) is 0. The molecule has 0 N–H and O–H groups in total. The molecule has 14 rings (SSSR count). The van der Waals surface area contributed by atoms with Gasteiger partial charge in [0.25, 0.3) is 0 Å². The molecule has 0 unspecified atom stereocenters. The number of nitrogens with zero attached hydrogens (tertiary/aromatic N) is 2. The second-order valence-corrected chi connectivity index (χ2v) is 18.8. The van der Waals surface area contributed by atoms with Gasteiger partial charge in [-0.15, -0.1) is 0 Å². The fourth-order valence-electron chi connectivity index (χ4n) is 12.1. The van der Waals surface area contributed by atoms with Crippen LogP contribution in [0.4, 0.5) is 17.1 Å². The molecule has 0 fully saturated rings. The Morgan fingerprint density at radius 2 is 0.896 bits per heavy atom. The third kappa shape index (κ3) is 5.28. The summed E-state index contributed by atoms with van der Waals surface area (Å²) in [5, 5.41) is 4.71. The summed E-state index contributed by atoms with van der Waals surface area (Å²) in [6.07, 6.45) is 0. The van der Waals surface area contributed by atoms with E-state index in [1.165, 1.54) is 71.9 Å². The van der Waals surface area contributed by atoms with E-state index < -0.39 is 5.41 Å². The van der Waals surface area contributed by atoms with Crippen LogP contribution in [-0.2, 0) is 10.8 Å². The van der Waals surface area contributed by atoms with E-state index in [9.17, 15) is 0 Å². The number of aromatic nitrogens is 1. The number of para-hydroxylation sites is 3. The van der Waals surface area contributed by atoms with Crippen molar-refractivity contribution in [2.75, 3.05) is 4.90 Å². The summed E-state index contributed by atoms with van der Waals surface area (Å²) in [5.41, 5.74) is 20.8. The summed E-state index contributed by atoms with van der Waals surface area (Å²) in [5.74, 6) is 0. The van der Waals surface area contributed by atoms with Crippen LogP contribution in [0.2, 0.25) is 0 Å². The predicted molar refractivity (Wildman–Crippen MR) is 278 cm³/mol. The second kappa shape index (κ2) is 14.1.